The Labute approximate surface area is 190 Å². The molecule has 1 heterocycles. The molecular weight excluding hydrogens is 451 g/mol. The maximum atomic E-state index is 11.0. The average Bonchev–Trinajstić information content (AvgIpc) is 3.20. The van der Waals surface area contributed by atoms with Crippen LogP contribution in [0.2, 0.25) is 10.0 Å². The molecule has 1 aliphatic rings. The summed E-state index contributed by atoms with van der Waals surface area (Å²) in [7, 11) is 0. The molecule has 1 saturated carbocycles. The van der Waals surface area contributed by atoms with Gasteiger partial charge in [-0.05, 0) is 92.7 Å². The van der Waals surface area contributed by atoms with Crippen molar-refractivity contribution in [1.29, 1.82) is 0 Å². The molecule has 1 fully saturated rings. The smallest absolute Gasteiger partial charge is 0.345 e. The molecule has 4 atom stereocenters. The number of aliphatic hydroxyl groups is 1. The zero-order chi connectivity index (χ0) is 21.0. The number of hydrogen-bond donors (Lipinski definition) is 2. The molecule has 0 aliphatic heterocycles. The molecule has 0 amide bonds. The van der Waals surface area contributed by atoms with Crippen molar-refractivity contribution in [2.45, 2.75) is 56.4 Å². The van der Waals surface area contributed by atoms with Gasteiger partial charge in [-0.25, -0.2) is 4.79 Å². The number of aliphatic hydroxyl groups excluding tert-OH is 1. The fraction of sp³-hybridized carbons (Fsp3) is 0.500. The summed E-state index contributed by atoms with van der Waals surface area (Å²) >= 11 is 20.0. The Hall–Kier alpha value is -0.780. The van der Waals surface area contributed by atoms with Crippen molar-refractivity contribution in [3.05, 3.63) is 55.7 Å². The van der Waals surface area contributed by atoms with Crippen LogP contribution in [0.1, 0.15) is 52.2 Å². The van der Waals surface area contributed by atoms with Gasteiger partial charge in [0.2, 0.25) is 0 Å². The van der Waals surface area contributed by atoms with Gasteiger partial charge in [0.15, 0.2) is 0 Å². The first-order valence-electron chi connectivity index (χ1n) is 9.92. The van der Waals surface area contributed by atoms with Gasteiger partial charge in [-0.2, -0.15) is 0 Å². The van der Waals surface area contributed by atoms with E-state index in [4.69, 9.17) is 39.9 Å². The lowest BCUT2D eigenvalue weighted by molar-refractivity contribution is 0.0702. The number of alkyl halides is 1. The number of halogens is 3. The van der Waals surface area contributed by atoms with E-state index in [-0.39, 0.29) is 23.3 Å². The van der Waals surface area contributed by atoms with Gasteiger partial charge in [-0.15, -0.1) is 22.9 Å². The van der Waals surface area contributed by atoms with Crippen LogP contribution in [0, 0.1) is 11.8 Å². The van der Waals surface area contributed by atoms with Crippen molar-refractivity contribution >= 4 is 52.1 Å². The molecule has 1 aliphatic carbocycles. The van der Waals surface area contributed by atoms with Crippen molar-refractivity contribution in [3.63, 3.8) is 0 Å². The summed E-state index contributed by atoms with van der Waals surface area (Å²) in [5.41, 5.74) is 1.11. The highest BCUT2D eigenvalue weighted by molar-refractivity contribution is 7.13. The predicted molar refractivity (Wildman–Crippen MR) is 121 cm³/mol. The highest BCUT2D eigenvalue weighted by Crippen LogP contribution is 2.42. The molecule has 0 spiro atoms. The van der Waals surface area contributed by atoms with E-state index in [0.29, 0.717) is 21.3 Å². The summed E-state index contributed by atoms with van der Waals surface area (Å²) in [4.78, 5) is 12.5. The summed E-state index contributed by atoms with van der Waals surface area (Å²) < 4.78 is 0. The molecule has 0 unspecified atom stereocenters. The van der Waals surface area contributed by atoms with Crippen LogP contribution in [0.25, 0.3) is 0 Å². The summed E-state index contributed by atoms with van der Waals surface area (Å²) in [5.74, 6) is -0.388. The standard InChI is InChI=1S/C22H25Cl3O3S/c23-14-9-13(10-15(24)11-14)3-1-6-18-17(19(25)12-20(18)26)5-2-4-16-7-8-21(29-16)22(27)28/h7-11,17-20,26H,1-6,12H2,(H,27,28)/t17-,18-,19-,20-/m1/s1. The number of rotatable bonds is 9. The third-order valence-corrected chi connectivity index (χ3v) is 7.81. The summed E-state index contributed by atoms with van der Waals surface area (Å²) in [5, 5.41) is 20.8. The van der Waals surface area contributed by atoms with E-state index in [1.54, 1.807) is 12.1 Å². The van der Waals surface area contributed by atoms with Crippen LogP contribution in [0.3, 0.4) is 0 Å². The second kappa shape index (κ2) is 10.5. The maximum absolute atomic E-state index is 11.0. The number of benzene rings is 1. The summed E-state index contributed by atoms with van der Waals surface area (Å²) in [6.45, 7) is 0. The largest absolute Gasteiger partial charge is 0.477 e. The molecule has 158 valence electrons. The van der Waals surface area contributed by atoms with Gasteiger partial charge in [-0.3, -0.25) is 0 Å². The Morgan fingerprint density at radius 2 is 1.69 bits per heavy atom. The minimum absolute atomic E-state index is 0.00599. The van der Waals surface area contributed by atoms with Crippen LogP contribution in [0.5, 0.6) is 0 Å². The van der Waals surface area contributed by atoms with Crippen molar-refractivity contribution in [1.82, 2.24) is 0 Å². The van der Waals surface area contributed by atoms with Crippen molar-refractivity contribution < 1.29 is 15.0 Å². The Morgan fingerprint density at radius 3 is 2.34 bits per heavy atom. The molecule has 3 nitrogen and oxygen atoms in total. The number of thiophene rings is 1. The van der Waals surface area contributed by atoms with Gasteiger partial charge in [0.1, 0.15) is 4.88 Å². The average molecular weight is 476 g/mol. The SMILES string of the molecule is O=C(O)c1ccc(CCC[C@@H]2[C@@H](CCCc3cc(Cl)cc(Cl)c3)[C@H](O)C[C@H]2Cl)s1. The minimum atomic E-state index is -0.873. The highest BCUT2D eigenvalue weighted by Gasteiger charge is 2.40. The topological polar surface area (TPSA) is 57.5 Å². The van der Waals surface area contributed by atoms with E-state index in [0.717, 1.165) is 49.0 Å². The van der Waals surface area contributed by atoms with Gasteiger partial charge in [0.25, 0.3) is 0 Å². The molecule has 0 radical (unpaired) electrons. The first kappa shape index (κ1) is 22.9. The Kier molecular flexibility index (Phi) is 8.29. The van der Waals surface area contributed by atoms with Crippen LogP contribution in [-0.2, 0) is 12.8 Å². The molecule has 7 heteroatoms. The van der Waals surface area contributed by atoms with Crippen LogP contribution in [0.15, 0.2) is 30.3 Å². The maximum Gasteiger partial charge on any atom is 0.345 e. The first-order chi connectivity index (χ1) is 13.8. The zero-order valence-corrected chi connectivity index (χ0v) is 19.1. The Bertz CT molecular complexity index is 818. The van der Waals surface area contributed by atoms with E-state index >= 15 is 0 Å². The second-order valence-corrected chi connectivity index (χ2v) is 10.4. The molecular formula is C22H25Cl3O3S. The first-order valence-corrected chi connectivity index (χ1v) is 11.9. The molecule has 2 aromatic rings. The monoisotopic (exact) mass is 474 g/mol. The van der Waals surface area contributed by atoms with E-state index < -0.39 is 5.97 Å². The van der Waals surface area contributed by atoms with Crippen LogP contribution >= 0.6 is 46.1 Å². The van der Waals surface area contributed by atoms with Gasteiger partial charge < -0.3 is 10.2 Å². The van der Waals surface area contributed by atoms with E-state index in [1.165, 1.54) is 11.3 Å². The zero-order valence-electron chi connectivity index (χ0n) is 16.0. The highest BCUT2D eigenvalue weighted by atomic mass is 35.5. The van der Waals surface area contributed by atoms with Crippen molar-refractivity contribution in [3.8, 4) is 0 Å². The molecule has 3 rings (SSSR count). The van der Waals surface area contributed by atoms with Gasteiger partial charge in [0, 0.05) is 20.3 Å². The third kappa shape index (κ3) is 6.35. The summed E-state index contributed by atoms with van der Waals surface area (Å²) in [6.07, 6.45) is 5.76. The third-order valence-electron chi connectivity index (χ3n) is 5.73. The van der Waals surface area contributed by atoms with Gasteiger partial charge in [0.05, 0.1) is 6.10 Å². The number of carbonyl (C=O) groups is 1. The molecule has 1 aromatic carbocycles. The fourth-order valence-electron chi connectivity index (χ4n) is 4.37. The fourth-order valence-corrected chi connectivity index (χ4v) is 6.33. The van der Waals surface area contributed by atoms with E-state index in [9.17, 15) is 9.90 Å². The van der Waals surface area contributed by atoms with E-state index in [2.05, 4.69) is 0 Å². The van der Waals surface area contributed by atoms with Crippen molar-refractivity contribution in [2.24, 2.45) is 11.8 Å². The lowest BCUT2D eigenvalue weighted by Crippen LogP contribution is -2.21. The van der Waals surface area contributed by atoms with Crippen molar-refractivity contribution in [2.75, 3.05) is 0 Å². The Morgan fingerprint density at radius 1 is 1.03 bits per heavy atom. The number of carboxylic acids is 1. The van der Waals surface area contributed by atoms with Crippen LogP contribution in [0.4, 0.5) is 0 Å². The lowest BCUT2D eigenvalue weighted by Gasteiger charge is -2.23. The molecule has 0 bridgehead atoms. The predicted octanol–water partition coefficient (Wildman–Crippen LogP) is 6.70. The molecule has 0 saturated heterocycles. The van der Waals surface area contributed by atoms with Gasteiger partial charge >= 0.3 is 5.97 Å². The normalized spacial score (nSPS) is 24.1. The minimum Gasteiger partial charge on any atom is -0.477 e. The quantitative estimate of drug-likeness (QED) is 0.397. The van der Waals surface area contributed by atoms with Gasteiger partial charge in [-0.1, -0.05) is 23.2 Å². The number of aryl methyl sites for hydroxylation is 2. The van der Waals surface area contributed by atoms with Crippen LogP contribution < -0.4 is 0 Å². The molecule has 1 aromatic heterocycles. The number of aromatic carboxylic acids is 1. The molecule has 2 N–H and O–H groups in total. The Balaban J connectivity index is 1.50. The number of carboxylic acid groups (broad SMARTS) is 1. The molecule has 29 heavy (non-hydrogen) atoms. The number of hydrogen-bond acceptors (Lipinski definition) is 3. The lowest BCUT2D eigenvalue weighted by atomic mass is 9.85. The second-order valence-electron chi connectivity index (χ2n) is 7.78. The van der Waals surface area contributed by atoms with Crippen LogP contribution in [-0.4, -0.2) is 27.7 Å². The summed E-state index contributed by atoms with van der Waals surface area (Å²) in [6, 6.07) is 9.16. The van der Waals surface area contributed by atoms with E-state index in [1.807, 2.05) is 18.2 Å².